The molecule has 0 aliphatic carbocycles. The lowest BCUT2D eigenvalue weighted by Gasteiger charge is -2.14. The summed E-state index contributed by atoms with van der Waals surface area (Å²) in [7, 11) is 0. The zero-order valence-corrected chi connectivity index (χ0v) is 15.2. The highest BCUT2D eigenvalue weighted by molar-refractivity contribution is 8.00. The van der Waals surface area contributed by atoms with E-state index in [1.807, 2.05) is 32.0 Å². The van der Waals surface area contributed by atoms with Crippen LogP contribution in [0.5, 0.6) is 0 Å². The fraction of sp³-hybridized carbons (Fsp3) is 0.263. The van der Waals surface area contributed by atoms with Gasteiger partial charge in [-0.1, -0.05) is 29.8 Å². The fourth-order valence-corrected chi connectivity index (χ4v) is 2.97. The standard InChI is InChI=1S/C19H20FNO3S/c1-12-8-9-17(13(2)10-12)25-11-18(22)24-14(3)19(23)21-16-7-5-4-6-15(16)20/h4-10,14H,11H2,1-3H3,(H,21,23)/t14-/m0/s1. The summed E-state index contributed by atoms with van der Waals surface area (Å²) < 4.78 is 18.6. The van der Waals surface area contributed by atoms with Crippen molar-refractivity contribution in [2.75, 3.05) is 11.1 Å². The number of carbonyl (C=O) groups is 2. The molecule has 0 saturated carbocycles. The molecule has 1 amide bonds. The molecule has 6 heteroatoms. The predicted octanol–water partition coefficient (Wildman–Crippen LogP) is 4.11. The topological polar surface area (TPSA) is 55.4 Å². The largest absolute Gasteiger partial charge is 0.452 e. The van der Waals surface area contributed by atoms with Crippen molar-refractivity contribution < 1.29 is 18.7 Å². The second-order valence-corrected chi connectivity index (χ2v) is 6.68. The van der Waals surface area contributed by atoms with Gasteiger partial charge in [0.15, 0.2) is 6.10 Å². The van der Waals surface area contributed by atoms with Crippen LogP contribution in [0.1, 0.15) is 18.1 Å². The Hall–Kier alpha value is -2.34. The molecule has 0 heterocycles. The normalized spacial score (nSPS) is 11.7. The zero-order valence-electron chi connectivity index (χ0n) is 14.3. The Morgan fingerprint density at radius 2 is 1.92 bits per heavy atom. The molecule has 2 rings (SSSR count). The summed E-state index contributed by atoms with van der Waals surface area (Å²) in [5.41, 5.74) is 2.30. The fourth-order valence-electron chi connectivity index (χ4n) is 2.18. The third-order valence-electron chi connectivity index (χ3n) is 3.49. The zero-order chi connectivity index (χ0) is 18.4. The average molecular weight is 361 g/mol. The van der Waals surface area contributed by atoms with Gasteiger partial charge in [-0.05, 0) is 44.5 Å². The SMILES string of the molecule is Cc1ccc(SCC(=O)O[C@@H](C)C(=O)Nc2ccccc2F)c(C)c1. The Morgan fingerprint density at radius 1 is 1.20 bits per heavy atom. The lowest BCUT2D eigenvalue weighted by atomic mass is 10.2. The van der Waals surface area contributed by atoms with Crippen molar-refractivity contribution in [3.63, 3.8) is 0 Å². The van der Waals surface area contributed by atoms with Crippen molar-refractivity contribution in [3.8, 4) is 0 Å². The molecule has 0 bridgehead atoms. The van der Waals surface area contributed by atoms with E-state index in [1.54, 1.807) is 6.07 Å². The van der Waals surface area contributed by atoms with Crippen molar-refractivity contribution in [2.24, 2.45) is 0 Å². The van der Waals surface area contributed by atoms with Gasteiger partial charge in [0.05, 0.1) is 11.4 Å². The number of ether oxygens (including phenoxy) is 1. The van der Waals surface area contributed by atoms with Crippen molar-refractivity contribution in [1.82, 2.24) is 0 Å². The molecule has 2 aromatic carbocycles. The maximum atomic E-state index is 13.5. The Labute approximate surface area is 150 Å². The summed E-state index contributed by atoms with van der Waals surface area (Å²) in [5.74, 6) is -1.52. The molecule has 1 N–H and O–H groups in total. The molecule has 0 unspecified atom stereocenters. The highest BCUT2D eigenvalue weighted by atomic mass is 32.2. The minimum absolute atomic E-state index is 0.0556. The Morgan fingerprint density at radius 3 is 2.60 bits per heavy atom. The Kier molecular flexibility index (Phi) is 6.58. The number of halogens is 1. The van der Waals surface area contributed by atoms with Crippen LogP contribution in [0, 0.1) is 19.7 Å². The number of benzene rings is 2. The van der Waals surface area contributed by atoms with Crippen LogP contribution in [0.3, 0.4) is 0 Å². The molecule has 2 aromatic rings. The quantitative estimate of drug-likeness (QED) is 0.622. The number of rotatable bonds is 6. The van der Waals surface area contributed by atoms with E-state index >= 15 is 0 Å². The van der Waals surface area contributed by atoms with E-state index in [1.165, 1.54) is 36.9 Å². The maximum absolute atomic E-state index is 13.5. The molecular formula is C19H20FNO3S. The number of carbonyl (C=O) groups excluding carboxylic acids is 2. The molecule has 0 spiro atoms. The van der Waals surface area contributed by atoms with Crippen molar-refractivity contribution in [3.05, 3.63) is 59.4 Å². The van der Waals surface area contributed by atoms with Crippen LogP contribution in [-0.2, 0) is 14.3 Å². The van der Waals surface area contributed by atoms with Gasteiger partial charge in [0.2, 0.25) is 0 Å². The van der Waals surface area contributed by atoms with Crippen LogP contribution in [0.4, 0.5) is 10.1 Å². The number of hydrogen-bond acceptors (Lipinski definition) is 4. The van der Waals surface area contributed by atoms with Gasteiger partial charge in [-0.25, -0.2) is 4.39 Å². The molecule has 4 nitrogen and oxygen atoms in total. The highest BCUT2D eigenvalue weighted by Gasteiger charge is 2.19. The van der Waals surface area contributed by atoms with Crippen molar-refractivity contribution in [2.45, 2.75) is 31.8 Å². The second-order valence-electron chi connectivity index (χ2n) is 5.66. The molecule has 25 heavy (non-hydrogen) atoms. The van der Waals surface area contributed by atoms with Crippen molar-refractivity contribution in [1.29, 1.82) is 0 Å². The average Bonchev–Trinajstić information content (AvgIpc) is 2.56. The molecule has 0 saturated heterocycles. The highest BCUT2D eigenvalue weighted by Crippen LogP contribution is 2.23. The lowest BCUT2D eigenvalue weighted by molar-refractivity contribution is -0.150. The van der Waals surface area contributed by atoms with E-state index in [-0.39, 0.29) is 11.4 Å². The van der Waals surface area contributed by atoms with Gasteiger partial charge in [0.25, 0.3) is 5.91 Å². The van der Waals surface area contributed by atoms with Gasteiger partial charge in [0.1, 0.15) is 5.82 Å². The monoisotopic (exact) mass is 361 g/mol. The number of amides is 1. The summed E-state index contributed by atoms with van der Waals surface area (Å²) >= 11 is 1.36. The smallest absolute Gasteiger partial charge is 0.317 e. The van der Waals surface area contributed by atoms with Crippen LogP contribution in [-0.4, -0.2) is 23.7 Å². The summed E-state index contributed by atoms with van der Waals surface area (Å²) in [6.07, 6.45) is -1.01. The molecular weight excluding hydrogens is 341 g/mol. The molecule has 0 radical (unpaired) electrons. The first-order valence-electron chi connectivity index (χ1n) is 7.81. The van der Waals surface area contributed by atoms with Gasteiger partial charge in [-0.3, -0.25) is 9.59 Å². The number of thioether (sulfide) groups is 1. The first-order valence-corrected chi connectivity index (χ1v) is 8.80. The summed E-state index contributed by atoms with van der Waals surface area (Å²) in [5, 5.41) is 2.41. The summed E-state index contributed by atoms with van der Waals surface area (Å²) in [4.78, 5) is 24.9. The first kappa shape index (κ1) is 19.0. The van der Waals surface area contributed by atoms with E-state index < -0.39 is 23.8 Å². The van der Waals surface area contributed by atoms with Gasteiger partial charge >= 0.3 is 5.97 Å². The molecule has 0 aliphatic heterocycles. The van der Waals surface area contributed by atoms with Gasteiger partial charge in [-0.2, -0.15) is 0 Å². The minimum atomic E-state index is -1.01. The predicted molar refractivity (Wildman–Crippen MR) is 97.2 cm³/mol. The molecule has 0 aromatic heterocycles. The van der Waals surface area contributed by atoms with Crippen molar-refractivity contribution >= 4 is 29.3 Å². The van der Waals surface area contributed by atoms with Crippen LogP contribution >= 0.6 is 11.8 Å². The number of nitrogens with one attached hydrogen (secondary N) is 1. The van der Waals surface area contributed by atoms with E-state index in [2.05, 4.69) is 5.32 Å². The first-order chi connectivity index (χ1) is 11.9. The minimum Gasteiger partial charge on any atom is -0.452 e. The van der Waals surface area contributed by atoms with Crippen LogP contribution < -0.4 is 5.32 Å². The van der Waals surface area contributed by atoms with Crippen LogP contribution in [0.25, 0.3) is 0 Å². The van der Waals surface area contributed by atoms with Gasteiger partial charge in [-0.15, -0.1) is 11.8 Å². The Balaban J connectivity index is 1.85. The number of hydrogen-bond donors (Lipinski definition) is 1. The number of esters is 1. The molecule has 0 aliphatic rings. The molecule has 0 fully saturated rings. The van der Waals surface area contributed by atoms with Gasteiger partial charge in [0, 0.05) is 4.90 Å². The van der Waals surface area contributed by atoms with E-state index in [4.69, 9.17) is 4.74 Å². The number of anilines is 1. The van der Waals surface area contributed by atoms with Gasteiger partial charge < -0.3 is 10.1 Å². The van der Waals surface area contributed by atoms with Crippen LogP contribution in [0.2, 0.25) is 0 Å². The molecule has 1 atom stereocenters. The number of aryl methyl sites for hydroxylation is 2. The Bertz CT molecular complexity index is 779. The summed E-state index contributed by atoms with van der Waals surface area (Å²) in [6.45, 7) is 5.44. The van der Waals surface area contributed by atoms with E-state index in [9.17, 15) is 14.0 Å². The van der Waals surface area contributed by atoms with E-state index in [0.717, 1.165) is 16.0 Å². The number of para-hydroxylation sites is 1. The third-order valence-corrected chi connectivity index (χ3v) is 4.63. The van der Waals surface area contributed by atoms with E-state index in [0.29, 0.717) is 0 Å². The molecule has 132 valence electrons. The maximum Gasteiger partial charge on any atom is 0.317 e. The summed E-state index contributed by atoms with van der Waals surface area (Å²) in [6, 6.07) is 11.8. The lowest BCUT2D eigenvalue weighted by Crippen LogP contribution is -2.30. The van der Waals surface area contributed by atoms with Crippen LogP contribution in [0.15, 0.2) is 47.4 Å². The second kappa shape index (κ2) is 8.67. The third kappa shape index (κ3) is 5.60.